The van der Waals surface area contributed by atoms with Crippen LogP contribution in [-0.2, 0) is 9.59 Å². The number of hydrogen-bond acceptors (Lipinski definition) is 5. The molecule has 1 atom stereocenters. The average molecular weight is 454 g/mol. The zero-order valence-electron chi connectivity index (χ0n) is 18.8. The van der Waals surface area contributed by atoms with E-state index in [1.54, 1.807) is 45.3 Å². The monoisotopic (exact) mass is 453 g/mol. The first-order valence-electron chi connectivity index (χ1n) is 10.3. The highest BCUT2D eigenvalue weighted by atomic mass is 32.1. The van der Waals surface area contributed by atoms with Crippen molar-refractivity contribution in [1.29, 1.82) is 0 Å². The lowest BCUT2D eigenvalue weighted by Gasteiger charge is -2.20. The summed E-state index contributed by atoms with van der Waals surface area (Å²) in [6.07, 6.45) is 1.06. The molecular formula is C24H27N3O4S. The lowest BCUT2D eigenvalue weighted by atomic mass is 10.1. The van der Waals surface area contributed by atoms with Gasteiger partial charge in [0.2, 0.25) is 0 Å². The number of benzene rings is 2. The summed E-state index contributed by atoms with van der Waals surface area (Å²) in [7, 11) is 3.36. The SMILES string of the molecule is CCOc1cc(/C=C2\NC(=S)N(c3ccccc3C)C2=O)ccc1OC(C)C(=O)N(C)C. The van der Waals surface area contributed by atoms with Crippen LogP contribution in [0.4, 0.5) is 5.69 Å². The van der Waals surface area contributed by atoms with E-state index in [2.05, 4.69) is 5.32 Å². The van der Waals surface area contributed by atoms with Crippen LogP contribution in [-0.4, -0.2) is 48.6 Å². The molecule has 1 saturated heterocycles. The molecule has 2 aromatic rings. The molecule has 0 radical (unpaired) electrons. The molecule has 0 saturated carbocycles. The van der Waals surface area contributed by atoms with Crippen molar-refractivity contribution in [3.63, 3.8) is 0 Å². The highest BCUT2D eigenvalue weighted by Crippen LogP contribution is 2.31. The largest absolute Gasteiger partial charge is 0.490 e. The second-order valence-electron chi connectivity index (χ2n) is 7.55. The lowest BCUT2D eigenvalue weighted by Crippen LogP contribution is -2.35. The molecule has 7 nitrogen and oxygen atoms in total. The number of thiocarbonyl (C=S) groups is 1. The van der Waals surface area contributed by atoms with E-state index in [9.17, 15) is 9.59 Å². The van der Waals surface area contributed by atoms with Crippen LogP contribution >= 0.6 is 12.2 Å². The Balaban J connectivity index is 1.87. The van der Waals surface area contributed by atoms with Crippen LogP contribution in [0.5, 0.6) is 11.5 Å². The Labute approximate surface area is 193 Å². The number of likely N-dealkylation sites (N-methyl/N-ethyl adjacent to an activating group) is 1. The Hall–Kier alpha value is -3.39. The van der Waals surface area contributed by atoms with Crippen LogP contribution in [0.3, 0.4) is 0 Å². The van der Waals surface area contributed by atoms with Crippen molar-refractivity contribution in [2.45, 2.75) is 26.9 Å². The van der Waals surface area contributed by atoms with Gasteiger partial charge in [0, 0.05) is 14.1 Å². The molecule has 1 heterocycles. The fourth-order valence-corrected chi connectivity index (χ4v) is 3.61. The summed E-state index contributed by atoms with van der Waals surface area (Å²) in [5.74, 6) is 0.570. The molecule has 3 rings (SSSR count). The van der Waals surface area contributed by atoms with Gasteiger partial charge in [-0.2, -0.15) is 0 Å². The maximum Gasteiger partial charge on any atom is 0.281 e. The highest BCUT2D eigenvalue weighted by Gasteiger charge is 2.32. The van der Waals surface area contributed by atoms with Gasteiger partial charge in [0.1, 0.15) is 5.70 Å². The minimum atomic E-state index is -0.661. The zero-order chi connectivity index (χ0) is 23.4. The predicted octanol–water partition coefficient (Wildman–Crippen LogP) is 3.51. The van der Waals surface area contributed by atoms with E-state index in [-0.39, 0.29) is 11.8 Å². The number of hydrogen-bond donors (Lipinski definition) is 1. The number of ether oxygens (including phenoxy) is 2. The molecule has 0 bridgehead atoms. The van der Waals surface area contributed by atoms with Gasteiger partial charge in [-0.3, -0.25) is 14.5 Å². The summed E-state index contributed by atoms with van der Waals surface area (Å²) in [5, 5.41) is 3.33. The number of carbonyl (C=O) groups excluding carboxylic acids is 2. The van der Waals surface area contributed by atoms with E-state index in [0.29, 0.717) is 28.9 Å². The summed E-state index contributed by atoms with van der Waals surface area (Å²) in [6.45, 7) is 5.91. The Morgan fingerprint density at radius 3 is 2.59 bits per heavy atom. The maximum absolute atomic E-state index is 13.0. The minimum Gasteiger partial charge on any atom is -0.490 e. The van der Waals surface area contributed by atoms with E-state index in [4.69, 9.17) is 21.7 Å². The molecule has 8 heteroatoms. The van der Waals surface area contributed by atoms with Crippen LogP contribution in [0.15, 0.2) is 48.2 Å². The van der Waals surface area contributed by atoms with Crippen LogP contribution in [0.25, 0.3) is 6.08 Å². The zero-order valence-corrected chi connectivity index (χ0v) is 19.7. The number of nitrogens with one attached hydrogen (secondary N) is 1. The van der Waals surface area contributed by atoms with Gasteiger partial charge in [-0.05, 0) is 68.4 Å². The summed E-state index contributed by atoms with van der Waals surface area (Å²) in [6, 6.07) is 12.9. The van der Waals surface area contributed by atoms with Crippen molar-refractivity contribution in [3.8, 4) is 11.5 Å². The quantitative estimate of drug-likeness (QED) is 0.511. The third-order valence-corrected chi connectivity index (χ3v) is 5.19. The van der Waals surface area contributed by atoms with Gasteiger partial charge in [0.05, 0.1) is 12.3 Å². The topological polar surface area (TPSA) is 71.1 Å². The Morgan fingerprint density at radius 2 is 1.94 bits per heavy atom. The lowest BCUT2D eigenvalue weighted by molar-refractivity contribution is -0.135. The first kappa shape index (κ1) is 23.3. The molecule has 1 unspecified atom stereocenters. The van der Waals surface area contributed by atoms with E-state index in [1.807, 2.05) is 38.1 Å². The molecule has 2 aromatic carbocycles. The van der Waals surface area contributed by atoms with Gasteiger partial charge in [0.25, 0.3) is 11.8 Å². The van der Waals surface area contributed by atoms with Gasteiger partial charge in [-0.15, -0.1) is 0 Å². The molecule has 32 heavy (non-hydrogen) atoms. The molecule has 1 aliphatic rings. The molecule has 0 aliphatic carbocycles. The van der Waals surface area contributed by atoms with Crippen molar-refractivity contribution in [3.05, 3.63) is 59.3 Å². The maximum atomic E-state index is 13.0. The molecular weight excluding hydrogens is 426 g/mol. The second kappa shape index (κ2) is 9.82. The van der Waals surface area contributed by atoms with Gasteiger partial charge in [-0.25, -0.2) is 0 Å². The van der Waals surface area contributed by atoms with Gasteiger partial charge in [-0.1, -0.05) is 24.3 Å². The number of anilines is 1. The third-order valence-electron chi connectivity index (χ3n) is 4.91. The van der Waals surface area contributed by atoms with E-state index in [1.165, 1.54) is 9.80 Å². The Kier molecular flexibility index (Phi) is 7.15. The first-order valence-corrected chi connectivity index (χ1v) is 10.7. The van der Waals surface area contributed by atoms with E-state index < -0.39 is 6.10 Å². The summed E-state index contributed by atoms with van der Waals surface area (Å²) in [5.41, 5.74) is 2.80. The molecule has 1 fully saturated rings. The molecule has 0 aromatic heterocycles. The van der Waals surface area contributed by atoms with Gasteiger partial charge >= 0.3 is 0 Å². The van der Waals surface area contributed by atoms with Crippen molar-refractivity contribution in [2.24, 2.45) is 0 Å². The Bertz CT molecular complexity index is 1080. The molecule has 168 valence electrons. The fourth-order valence-electron chi connectivity index (χ4n) is 3.32. The number of aryl methyl sites for hydroxylation is 1. The van der Waals surface area contributed by atoms with Crippen molar-refractivity contribution < 1.29 is 19.1 Å². The molecule has 2 amide bonds. The highest BCUT2D eigenvalue weighted by molar-refractivity contribution is 7.80. The number of carbonyl (C=O) groups is 2. The van der Waals surface area contributed by atoms with Crippen molar-refractivity contribution >= 4 is 40.9 Å². The van der Waals surface area contributed by atoms with Crippen molar-refractivity contribution in [2.75, 3.05) is 25.6 Å². The standard InChI is InChI=1S/C24H27N3O4S/c1-6-30-21-14-17(11-12-20(21)31-16(3)22(28)26(4)5)13-18-23(29)27(24(32)25-18)19-10-8-7-9-15(19)2/h7-14,16H,6H2,1-5H3,(H,25,32)/b18-13-. The van der Waals surface area contributed by atoms with E-state index in [0.717, 1.165) is 16.8 Å². The number of nitrogens with zero attached hydrogens (tertiary/aromatic N) is 2. The Morgan fingerprint density at radius 1 is 1.22 bits per heavy atom. The molecule has 1 N–H and O–H groups in total. The van der Waals surface area contributed by atoms with E-state index >= 15 is 0 Å². The van der Waals surface area contributed by atoms with Crippen LogP contribution < -0.4 is 19.7 Å². The summed E-state index contributed by atoms with van der Waals surface area (Å²) in [4.78, 5) is 28.2. The normalized spacial score (nSPS) is 15.5. The number of para-hydroxylation sites is 1. The average Bonchev–Trinajstić information content (AvgIpc) is 3.02. The summed E-state index contributed by atoms with van der Waals surface area (Å²) >= 11 is 5.41. The number of rotatable bonds is 7. The third kappa shape index (κ3) is 4.91. The van der Waals surface area contributed by atoms with Gasteiger partial charge in [0.15, 0.2) is 22.7 Å². The van der Waals surface area contributed by atoms with Crippen molar-refractivity contribution in [1.82, 2.24) is 10.2 Å². The summed E-state index contributed by atoms with van der Waals surface area (Å²) < 4.78 is 11.5. The smallest absolute Gasteiger partial charge is 0.281 e. The van der Waals surface area contributed by atoms with Crippen LogP contribution in [0.2, 0.25) is 0 Å². The second-order valence-corrected chi connectivity index (χ2v) is 7.93. The first-order chi connectivity index (χ1) is 15.2. The fraction of sp³-hybridized carbons (Fsp3) is 0.292. The molecule has 1 aliphatic heterocycles. The van der Waals surface area contributed by atoms with Crippen LogP contribution in [0, 0.1) is 6.92 Å². The number of amides is 2. The minimum absolute atomic E-state index is 0.149. The molecule has 0 spiro atoms. The predicted molar refractivity (Wildman–Crippen MR) is 129 cm³/mol. The van der Waals surface area contributed by atoms with Gasteiger partial charge < -0.3 is 19.7 Å². The van der Waals surface area contributed by atoms with Crippen LogP contribution in [0.1, 0.15) is 25.0 Å².